The Hall–Kier alpha value is -0.900. The molecule has 1 heterocycles. The van der Waals surface area contributed by atoms with Gasteiger partial charge in [0.05, 0.1) is 0 Å². The van der Waals surface area contributed by atoms with Gasteiger partial charge in [-0.2, -0.15) is 0 Å². The van der Waals surface area contributed by atoms with Gasteiger partial charge in [-0.15, -0.1) is 0 Å². The Kier molecular flexibility index (Phi) is 3.42. The summed E-state index contributed by atoms with van der Waals surface area (Å²) in [6, 6.07) is 0. The van der Waals surface area contributed by atoms with E-state index in [1.54, 1.807) is 10.8 Å². The van der Waals surface area contributed by atoms with E-state index in [2.05, 4.69) is 11.9 Å². The van der Waals surface area contributed by atoms with Crippen LogP contribution >= 0.6 is 12.2 Å². The van der Waals surface area contributed by atoms with E-state index in [4.69, 9.17) is 12.2 Å². The van der Waals surface area contributed by atoms with Crippen molar-refractivity contribution in [3.63, 3.8) is 0 Å². The fourth-order valence-electron chi connectivity index (χ4n) is 1.29. The fraction of sp³-hybridized carbons (Fsp3) is 0.556. The predicted molar refractivity (Wildman–Crippen MR) is 55.6 cm³/mol. The average molecular weight is 198 g/mol. The van der Waals surface area contributed by atoms with E-state index in [-0.39, 0.29) is 5.56 Å². The molecule has 0 radical (unpaired) electrons. The summed E-state index contributed by atoms with van der Waals surface area (Å²) in [4.78, 5) is 14.6. The van der Waals surface area contributed by atoms with Gasteiger partial charge in [0.2, 0.25) is 0 Å². The lowest BCUT2D eigenvalue weighted by Gasteiger charge is -2.04. The Balaban J connectivity index is 3.28. The second-order valence-corrected chi connectivity index (χ2v) is 3.31. The maximum absolute atomic E-state index is 11.7. The molecule has 0 aliphatic heterocycles. The summed E-state index contributed by atoms with van der Waals surface area (Å²) in [5.74, 6) is 0. The molecular formula is C9H14N2OS. The van der Waals surface area contributed by atoms with Crippen molar-refractivity contribution in [2.24, 2.45) is 0 Å². The fourth-order valence-corrected chi connectivity index (χ4v) is 1.56. The van der Waals surface area contributed by atoms with Crippen molar-refractivity contribution in [2.75, 3.05) is 0 Å². The smallest absolute Gasteiger partial charge is 0.257 e. The van der Waals surface area contributed by atoms with Crippen molar-refractivity contribution in [1.82, 2.24) is 9.55 Å². The third-order valence-corrected chi connectivity index (χ3v) is 2.31. The van der Waals surface area contributed by atoms with Crippen LogP contribution in [0.15, 0.2) is 11.0 Å². The summed E-state index contributed by atoms with van der Waals surface area (Å²) >= 11 is 4.99. The molecule has 4 heteroatoms. The normalized spacial score (nSPS) is 10.3. The van der Waals surface area contributed by atoms with E-state index in [0.29, 0.717) is 11.3 Å². The highest BCUT2D eigenvalue weighted by Gasteiger charge is 2.02. The van der Waals surface area contributed by atoms with Crippen LogP contribution in [0, 0.1) is 4.77 Å². The lowest BCUT2D eigenvalue weighted by Crippen LogP contribution is -2.24. The molecule has 0 atom stereocenters. The minimum absolute atomic E-state index is 0.0492. The van der Waals surface area contributed by atoms with Crippen molar-refractivity contribution >= 4 is 12.2 Å². The zero-order chi connectivity index (χ0) is 9.84. The van der Waals surface area contributed by atoms with Crippen LogP contribution in [-0.2, 0) is 13.0 Å². The van der Waals surface area contributed by atoms with E-state index in [1.807, 2.05) is 6.92 Å². The van der Waals surface area contributed by atoms with Gasteiger partial charge < -0.3 is 4.98 Å². The molecular weight excluding hydrogens is 184 g/mol. The number of aromatic nitrogens is 2. The van der Waals surface area contributed by atoms with Crippen molar-refractivity contribution < 1.29 is 0 Å². The lowest BCUT2D eigenvalue weighted by atomic mass is 10.2. The number of hydrogen-bond donors (Lipinski definition) is 1. The highest BCUT2D eigenvalue weighted by molar-refractivity contribution is 7.71. The number of aryl methyl sites for hydroxylation is 1. The summed E-state index contributed by atoms with van der Waals surface area (Å²) < 4.78 is 2.09. The predicted octanol–water partition coefficient (Wildman–Crippen LogP) is 1.88. The maximum Gasteiger partial charge on any atom is 0.257 e. The van der Waals surface area contributed by atoms with Gasteiger partial charge in [-0.3, -0.25) is 9.36 Å². The third kappa shape index (κ3) is 2.06. The van der Waals surface area contributed by atoms with Crippen molar-refractivity contribution in [2.45, 2.75) is 33.2 Å². The molecule has 0 aromatic carbocycles. The third-order valence-electron chi connectivity index (χ3n) is 1.97. The van der Waals surface area contributed by atoms with E-state index < -0.39 is 0 Å². The molecule has 0 saturated carbocycles. The van der Waals surface area contributed by atoms with Crippen molar-refractivity contribution in [3.05, 3.63) is 26.9 Å². The Labute approximate surface area is 82.4 Å². The zero-order valence-electron chi connectivity index (χ0n) is 7.96. The molecule has 1 aromatic rings. The van der Waals surface area contributed by atoms with Crippen LogP contribution in [0.1, 0.15) is 25.8 Å². The second kappa shape index (κ2) is 4.37. The van der Waals surface area contributed by atoms with Crippen LogP contribution in [0.4, 0.5) is 0 Å². The minimum Gasteiger partial charge on any atom is -0.338 e. The van der Waals surface area contributed by atoms with Gasteiger partial charge >= 0.3 is 0 Å². The SMILES string of the molecule is CCCc1c[nH]c(=S)n(CC)c1=O. The summed E-state index contributed by atoms with van der Waals surface area (Å²) in [5.41, 5.74) is 0.867. The van der Waals surface area contributed by atoms with Crippen LogP contribution in [-0.4, -0.2) is 9.55 Å². The largest absolute Gasteiger partial charge is 0.338 e. The number of nitrogens with one attached hydrogen (secondary N) is 1. The molecule has 0 bridgehead atoms. The molecule has 72 valence electrons. The highest BCUT2D eigenvalue weighted by Crippen LogP contribution is 1.95. The molecule has 0 spiro atoms. The topological polar surface area (TPSA) is 37.8 Å². The molecule has 13 heavy (non-hydrogen) atoms. The van der Waals surface area contributed by atoms with Gasteiger partial charge in [0.15, 0.2) is 4.77 Å². The Morgan fingerprint density at radius 1 is 1.54 bits per heavy atom. The first kappa shape index (κ1) is 10.2. The summed E-state index contributed by atoms with van der Waals surface area (Å²) in [7, 11) is 0. The number of rotatable bonds is 3. The van der Waals surface area contributed by atoms with Crippen LogP contribution in [0.5, 0.6) is 0 Å². The molecule has 0 fully saturated rings. The molecule has 0 unspecified atom stereocenters. The maximum atomic E-state index is 11.7. The highest BCUT2D eigenvalue weighted by atomic mass is 32.1. The van der Waals surface area contributed by atoms with Gasteiger partial charge in [0.1, 0.15) is 0 Å². The molecule has 0 saturated heterocycles. The Morgan fingerprint density at radius 2 is 2.23 bits per heavy atom. The standard InChI is InChI=1S/C9H14N2OS/c1-3-5-7-6-10-9(13)11(4-2)8(7)12/h6H,3-5H2,1-2H3,(H,10,13). The van der Waals surface area contributed by atoms with E-state index in [9.17, 15) is 4.79 Å². The second-order valence-electron chi connectivity index (χ2n) is 2.92. The number of H-pyrrole nitrogens is 1. The minimum atomic E-state index is 0.0492. The molecule has 0 amide bonds. The molecule has 0 aliphatic carbocycles. The van der Waals surface area contributed by atoms with E-state index >= 15 is 0 Å². The van der Waals surface area contributed by atoms with Crippen LogP contribution in [0.3, 0.4) is 0 Å². The zero-order valence-corrected chi connectivity index (χ0v) is 8.78. The number of aromatic amines is 1. The quantitative estimate of drug-likeness (QED) is 0.753. The van der Waals surface area contributed by atoms with E-state index in [1.165, 1.54) is 0 Å². The summed E-state index contributed by atoms with van der Waals surface area (Å²) in [6.07, 6.45) is 3.51. The van der Waals surface area contributed by atoms with Gasteiger partial charge in [-0.25, -0.2) is 0 Å². The summed E-state index contributed by atoms with van der Waals surface area (Å²) in [6.45, 7) is 4.60. The molecule has 0 aliphatic rings. The molecule has 1 rings (SSSR count). The average Bonchev–Trinajstić information content (AvgIpc) is 2.11. The van der Waals surface area contributed by atoms with Crippen LogP contribution < -0.4 is 5.56 Å². The Bertz CT molecular complexity index is 391. The first-order valence-electron chi connectivity index (χ1n) is 4.52. The lowest BCUT2D eigenvalue weighted by molar-refractivity contribution is 0.676. The Morgan fingerprint density at radius 3 is 2.77 bits per heavy atom. The first-order valence-corrected chi connectivity index (χ1v) is 4.93. The monoisotopic (exact) mass is 198 g/mol. The number of hydrogen-bond acceptors (Lipinski definition) is 2. The number of nitrogens with zero attached hydrogens (tertiary/aromatic N) is 1. The molecule has 1 N–H and O–H groups in total. The van der Waals surface area contributed by atoms with Crippen LogP contribution in [0.2, 0.25) is 0 Å². The molecule has 1 aromatic heterocycles. The summed E-state index contributed by atoms with van der Waals surface area (Å²) in [5, 5.41) is 0. The van der Waals surface area contributed by atoms with Gasteiger partial charge in [0.25, 0.3) is 5.56 Å². The van der Waals surface area contributed by atoms with Crippen molar-refractivity contribution in [3.8, 4) is 0 Å². The van der Waals surface area contributed by atoms with Gasteiger partial charge in [-0.05, 0) is 25.6 Å². The van der Waals surface area contributed by atoms with Crippen LogP contribution in [0.25, 0.3) is 0 Å². The molecule has 3 nitrogen and oxygen atoms in total. The van der Waals surface area contributed by atoms with Gasteiger partial charge in [0, 0.05) is 18.3 Å². The van der Waals surface area contributed by atoms with E-state index in [0.717, 1.165) is 18.4 Å². The van der Waals surface area contributed by atoms with Gasteiger partial charge in [-0.1, -0.05) is 13.3 Å². The van der Waals surface area contributed by atoms with Crippen molar-refractivity contribution in [1.29, 1.82) is 0 Å². The first-order chi connectivity index (χ1) is 6.20.